The summed E-state index contributed by atoms with van der Waals surface area (Å²) >= 11 is 0. The number of ether oxygens (including phenoxy) is 2. The van der Waals surface area contributed by atoms with E-state index in [0.29, 0.717) is 36.3 Å². The largest absolute Gasteiger partial charge is 0.480 e. The van der Waals surface area contributed by atoms with Gasteiger partial charge in [-0.05, 0) is 67.6 Å². The number of cyclic esters (lactones) is 1. The lowest BCUT2D eigenvalue weighted by Crippen LogP contribution is -2.30. The van der Waals surface area contributed by atoms with Gasteiger partial charge in [0.2, 0.25) is 0 Å². The lowest BCUT2D eigenvalue weighted by molar-refractivity contribution is -0.118. The summed E-state index contributed by atoms with van der Waals surface area (Å²) in [4.78, 5) is 29.7. The van der Waals surface area contributed by atoms with Gasteiger partial charge in [-0.25, -0.2) is 9.78 Å². The minimum Gasteiger partial charge on any atom is -0.480 e. The van der Waals surface area contributed by atoms with Gasteiger partial charge in [0.15, 0.2) is 18.2 Å². The number of carbonyl (C=O) groups is 2. The van der Waals surface area contributed by atoms with Crippen LogP contribution in [0.15, 0.2) is 30.3 Å². The second-order valence-electron chi connectivity index (χ2n) is 8.29. The number of benzene rings is 1. The van der Waals surface area contributed by atoms with Gasteiger partial charge in [-0.3, -0.25) is 9.69 Å². The molecule has 2 unspecified atom stereocenters. The second kappa shape index (κ2) is 8.48. The Kier molecular flexibility index (Phi) is 5.37. The number of nitrogens with zero attached hydrogens (tertiary/aromatic N) is 3. The average Bonchev–Trinajstić information content (AvgIpc) is 3.38. The molecule has 1 aromatic carbocycles. The zero-order valence-corrected chi connectivity index (χ0v) is 17.5. The molecule has 0 bridgehead atoms. The first-order valence-electron chi connectivity index (χ1n) is 10.7. The molecule has 1 fully saturated rings. The third kappa shape index (κ3) is 3.97. The number of rotatable bonds is 6. The fraction of sp³-hybridized carbons (Fsp3) is 0.391. The highest BCUT2D eigenvalue weighted by atomic mass is 16.6. The molecule has 2 atom stereocenters. The van der Waals surface area contributed by atoms with Crippen LogP contribution in [0.3, 0.4) is 0 Å². The molecule has 5 rings (SSSR count). The van der Waals surface area contributed by atoms with E-state index in [2.05, 4.69) is 27.8 Å². The van der Waals surface area contributed by atoms with Gasteiger partial charge in [0.05, 0.1) is 18.2 Å². The van der Waals surface area contributed by atoms with Crippen LogP contribution in [0.4, 0.5) is 16.4 Å². The quantitative estimate of drug-likeness (QED) is 0.669. The molecule has 3 heterocycles. The van der Waals surface area contributed by atoms with E-state index in [0.717, 1.165) is 31.5 Å². The van der Waals surface area contributed by atoms with E-state index in [-0.39, 0.29) is 18.6 Å². The summed E-state index contributed by atoms with van der Waals surface area (Å²) in [6.07, 6.45) is 1.91. The maximum absolute atomic E-state index is 12.3. The monoisotopic (exact) mass is 433 g/mol. The van der Waals surface area contributed by atoms with Crippen molar-refractivity contribution < 1.29 is 19.1 Å². The first kappa shape index (κ1) is 20.3. The lowest BCUT2D eigenvalue weighted by Gasteiger charge is -2.19. The van der Waals surface area contributed by atoms with Crippen LogP contribution < -0.4 is 20.3 Å². The van der Waals surface area contributed by atoms with Gasteiger partial charge in [0.1, 0.15) is 11.9 Å². The molecule has 2 N–H and O–H groups in total. The maximum atomic E-state index is 12.3. The first-order chi connectivity index (χ1) is 15.6. The SMILES string of the molecule is N#Cc1cccc2c1CC(CNCCC1CN(c3ccc4c(n3)NC(=O)CO4)C(=O)O1)C2. The summed E-state index contributed by atoms with van der Waals surface area (Å²) in [5.41, 5.74) is 3.24. The zero-order chi connectivity index (χ0) is 22.1. The Morgan fingerprint density at radius 2 is 2.16 bits per heavy atom. The summed E-state index contributed by atoms with van der Waals surface area (Å²) in [7, 11) is 0. The molecule has 1 aliphatic carbocycles. The molecule has 0 radical (unpaired) electrons. The number of hydrogen-bond donors (Lipinski definition) is 2. The Bertz CT molecular complexity index is 1110. The zero-order valence-electron chi connectivity index (χ0n) is 17.5. The number of fused-ring (bicyclic) bond motifs is 2. The second-order valence-corrected chi connectivity index (χ2v) is 8.29. The number of pyridine rings is 1. The van der Waals surface area contributed by atoms with Crippen LogP contribution in [-0.2, 0) is 22.4 Å². The summed E-state index contributed by atoms with van der Waals surface area (Å²) < 4.78 is 10.8. The summed E-state index contributed by atoms with van der Waals surface area (Å²) in [6.45, 7) is 1.95. The van der Waals surface area contributed by atoms with Gasteiger partial charge in [0.25, 0.3) is 5.91 Å². The highest BCUT2D eigenvalue weighted by molar-refractivity contribution is 5.95. The number of nitriles is 1. The van der Waals surface area contributed by atoms with Crippen LogP contribution in [0.2, 0.25) is 0 Å². The molecule has 2 amide bonds. The van der Waals surface area contributed by atoms with Crippen molar-refractivity contribution in [1.82, 2.24) is 10.3 Å². The Balaban J connectivity index is 1.10. The number of hydrogen-bond acceptors (Lipinski definition) is 7. The van der Waals surface area contributed by atoms with Gasteiger partial charge in [-0.15, -0.1) is 0 Å². The van der Waals surface area contributed by atoms with E-state index in [1.54, 1.807) is 12.1 Å². The summed E-state index contributed by atoms with van der Waals surface area (Å²) in [5, 5.41) is 15.4. The molecule has 1 aromatic heterocycles. The molecule has 32 heavy (non-hydrogen) atoms. The molecular weight excluding hydrogens is 410 g/mol. The van der Waals surface area contributed by atoms with Crippen molar-refractivity contribution in [3.05, 3.63) is 47.0 Å². The third-order valence-electron chi connectivity index (χ3n) is 6.08. The average molecular weight is 433 g/mol. The smallest absolute Gasteiger partial charge is 0.415 e. The van der Waals surface area contributed by atoms with Crippen molar-refractivity contribution in [2.75, 3.05) is 36.5 Å². The van der Waals surface area contributed by atoms with Crippen molar-refractivity contribution >= 4 is 23.6 Å². The molecule has 2 aromatic rings. The van der Waals surface area contributed by atoms with E-state index in [1.165, 1.54) is 16.0 Å². The first-order valence-corrected chi connectivity index (χ1v) is 10.7. The molecule has 2 aliphatic heterocycles. The van der Waals surface area contributed by atoms with Gasteiger partial charge in [-0.2, -0.15) is 5.26 Å². The molecule has 9 heteroatoms. The standard InChI is InChI=1S/C23H23N5O4/c24-10-16-3-1-2-15-8-14(9-18(15)16)11-25-7-6-17-12-28(23(30)32-17)20-5-4-19-22(26-20)27-21(29)13-31-19/h1-5,14,17,25H,6-9,11-13H2,(H,26,27,29). The van der Waals surface area contributed by atoms with Crippen LogP contribution >= 0.6 is 0 Å². The predicted molar refractivity (Wildman–Crippen MR) is 116 cm³/mol. The molecule has 1 saturated heterocycles. The molecule has 9 nitrogen and oxygen atoms in total. The minimum atomic E-state index is -0.444. The molecule has 0 saturated carbocycles. The Morgan fingerprint density at radius 1 is 1.25 bits per heavy atom. The van der Waals surface area contributed by atoms with E-state index in [1.807, 2.05) is 12.1 Å². The lowest BCUT2D eigenvalue weighted by atomic mass is 10.0. The van der Waals surface area contributed by atoms with Gasteiger partial charge in [0, 0.05) is 0 Å². The molecule has 164 valence electrons. The fourth-order valence-electron chi connectivity index (χ4n) is 4.52. The molecular formula is C23H23N5O4. The van der Waals surface area contributed by atoms with Gasteiger partial charge in [-0.1, -0.05) is 12.1 Å². The van der Waals surface area contributed by atoms with E-state index in [9.17, 15) is 14.9 Å². The number of aromatic nitrogens is 1. The van der Waals surface area contributed by atoms with Gasteiger partial charge >= 0.3 is 6.09 Å². The van der Waals surface area contributed by atoms with Gasteiger partial charge < -0.3 is 20.1 Å². The van der Waals surface area contributed by atoms with Crippen LogP contribution in [0.5, 0.6) is 5.75 Å². The van der Waals surface area contributed by atoms with Crippen molar-refractivity contribution in [2.45, 2.75) is 25.4 Å². The number of carbonyl (C=O) groups excluding carboxylic acids is 2. The topological polar surface area (TPSA) is 117 Å². The Labute approximate surface area is 185 Å². The van der Waals surface area contributed by atoms with E-state index < -0.39 is 6.09 Å². The van der Waals surface area contributed by atoms with E-state index >= 15 is 0 Å². The Morgan fingerprint density at radius 3 is 3.03 bits per heavy atom. The van der Waals surface area contributed by atoms with Crippen LogP contribution in [0.25, 0.3) is 0 Å². The van der Waals surface area contributed by atoms with Crippen molar-refractivity contribution in [3.63, 3.8) is 0 Å². The van der Waals surface area contributed by atoms with Crippen LogP contribution in [0, 0.1) is 17.2 Å². The summed E-state index contributed by atoms with van der Waals surface area (Å²) in [5.74, 6) is 1.42. The number of anilines is 2. The van der Waals surface area contributed by atoms with Crippen molar-refractivity contribution in [1.29, 1.82) is 5.26 Å². The molecule has 0 spiro atoms. The van der Waals surface area contributed by atoms with E-state index in [4.69, 9.17) is 9.47 Å². The van der Waals surface area contributed by atoms with Crippen LogP contribution in [-0.4, -0.2) is 49.3 Å². The normalized spacial score (nSPS) is 21.3. The highest BCUT2D eigenvalue weighted by Crippen LogP contribution is 2.31. The number of amides is 2. The minimum absolute atomic E-state index is 0.0404. The van der Waals surface area contributed by atoms with Crippen LogP contribution in [0.1, 0.15) is 23.1 Å². The Hall–Kier alpha value is -3.64. The highest BCUT2D eigenvalue weighted by Gasteiger charge is 2.34. The third-order valence-corrected chi connectivity index (χ3v) is 6.08. The van der Waals surface area contributed by atoms with Crippen molar-refractivity contribution in [2.24, 2.45) is 5.92 Å². The fourth-order valence-corrected chi connectivity index (χ4v) is 4.52. The predicted octanol–water partition coefficient (Wildman–Crippen LogP) is 2.00. The number of nitrogens with one attached hydrogen (secondary N) is 2. The van der Waals surface area contributed by atoms with Crippen molar-refractivity contribution in [3.8, 4) is 11.8 Å². The summed E-state index contributed by atoms with van der Waals surface area (Å²) in [6, 6.07) is 11.6. The molecule has 3 aliphatic rings. The maximum Gasteiger partial charge on any atom is 0.415 e.